The molecule has 3 rings (SSSR count). The summed E-state index contributed by atoms with van der Waals surface area (Å²) in [5, 5.41) is 12.6. The van der Waals surface area contributed by atoms with E-state index >= 15 is 0 Å². The maximum atomic E-state index is 12.6. The van der Waals surface area contributed by atoms with Crippen LogP contribution in [0.15, 0.2) is 0 Å². The van der Waals surface area contributed by atoms with E-state index < -0.39 is 6.04 Å². The summed E-state index contributed by atoms with van der Waals surface area (Å²) in [5.41, 5.74) is 0. The Balaban J connectivity index is 1.69. The van der Waals surface area contributed by atoms with Gasteiger partial charge in [-0.15, -0.1) is 22.0 Å². The molecule has 2 fully saturated rings. The number of rotatable bonds is 5. The molecule has 23 heavy (non-hydrogen) atoms. The van der Waals surface area contributed by atoms with Crippen LogP contribution in [0.25, 0.3) is 0 Å². The lowest BCUT2D eigenvalue weighted by molar-refractivity contribution is -0.135. The molecule has 2 amide bonds. The summed E-state index contributed by atoms with van der Waals surface area (Å²) in [5.74, 6) is 0.965. The van der Waals surface area contributed by atoms with E-state index in [1.165, 1.54) is 11.3 Å². The number of anilines is 1. The lowest BCUT2D eigenvalue weighted by Gasteiger charge is -2.29. The molecule has 126 valence electrons. The third-order valence-electron chi connectivity index (χ3n) is 4.75. The van der Waals surface area contributed by atoms with Crippen molar-refractivity contribution in [1.82, 2.24) is 15.1 Å². The molecule has 1 N–H and O–H groups in total. The fourth-order valence-corrected chi connectivity index (χ4v) is 5.74. The molecule has 1 aromatic rings. The summed E-state index contributed by atoms with van der Waals surface area (Å²) in [4.78, 5) is 26.2. The number of nitrogens with one attached hydrogen (secondary N) is 1. The predicted octanol–water partition coefficient (Wildman–Crippen LogP) is 2.83. The van der Waals surface area contributed by atoms with Crippen molar-refractivity contribution >= 4 is 40.0 Å². The monoisotopic (exact) mass is 354 g/mol. The first-order valence-electron chi connectivity index (χ1n) is 8.09. The van der Waals surface area contributed by atoms with Crippen LogP contribution in [0.2, 0.25) is 0 Å². The number of carbonyl (C=O) groups excluding carboxylic acids is 2. The zero-order chi connectivity index (χ0) is 16.6. The van der Waals surface area contributed by atoms with Crippen molar-refractivity contribution in [1.29, 1.82) is 0 Å². The second-order valence-corrected chi connectivity index (χ2v) is 8.72. The van der Waals surface area contributed by atoms with Gasteiger partial charge in [-0.3, -0.25) is 14.9 Å². The summed E-state index contributed by atoms with van der Waals surface area (Å²) in [6.07, 6.45) is 3.38. The third kappa shape index (κ3) is 2.98. The number of fused-ring (bicyclic) bond motifs is 1. The van der Waals surface area contributed by atoms with Gasteiger partial charge in [-0.1, -0.05) is 25.2 Å². The second-order valence-electron chi connectivity index (χ2n) is 6.21. The normalized spacial score (nSPS) is 26.9. The minimum Gasteiger partial charge on any atom is -0.315 e. The van der Waals surface area contributed by atoms with Gasteiger partial charge in [-0.25, -0.2) is 0 Å². The van der Waals surface area contributed by atoms with Crippen LogP contribution in [0, 0.1) is 0 Å². The standard InChI is InChI=1S/C15H22N4O2S2/c1-4-9(5-2)13-17-18-14(23-13)16-12(21)10-8-22-15(3)7-6-11(20)19(10)15/h9-10H,4-8H2,1-3H3,(H,16,18,21)/t10-,15-/m1/s1. The van der Waals surface area contributed by atoms with Crippen LogP contribution in [-0.2, 0) is 9.59 Å². The van der Waals surface area contributed by atoms with E-state index in [0.717, 1.165) is 24.3 Å². The van der Waals surface area contributed by atoms with Crippen molar-refractivity contribution < 1.29 is 9.59 Å². The van der Waals surface area contributed by atoms with Crippen molar-refractivity contribution in [3.8, 4) is 0 Å². The van der Waals surface area contributed by atoms with Gasteiger partial charge in [0.2, 0.25) is 16.9 Å². The minimum absolute atomic E-state index is 0.0765. The fourth-order valence-electron chi connectivity index (χ4n) is 3.29. The summed E-state index contributed by atoms with van der Waals surface area (Å²) in [6, 6.07) is -0.402. The lowest BCUT2D eigenvalue weighted by atomic mass is 10.1. The van der Waals surface area contributed by atoms with Crippen LogP contribution in [-0.4, -0.2) is 43.6 Å². The van der Waals surface area contributed by atoms with Crippen molar-refractivity contribution in [2.24, 2.45) is 0 Å². The minimum atomic E-state index is -0.402. The molecule has 0 spiro atoms. The topological polar surface area (TPSA) is 75.2 Å². The van der Waals surface area contributed by atoms with Crippen molar-refractivity contribution in [2.45, 2.75) is 63.3 Å². The average molecular weight is 355 g/mol. The van der Waals surface area contributed by atoms with E-state index in [2.05, 4.69) is 29.4 Å². The number of carbonyl (C=O) groups is 2. The quantitative estimate of drug-likeness (QED) is 0.880. The lowest BCUT2D eigenvalue weighted by Crippen LogP contribution is -2.48. The second kappa shape index (κ2) is 6.39. The zero-order valence-electron chi connectivity index (χ0n) is 13.7. The number of hydrogen-bond acceptors (Lipinski definition) is 6. The molecule has 2 aliphatic rings. The fraction of sp³-hybridized carbons (Fsp3) is 0.733. The molecule has 8 heteroatoms. The molecule has 2 saturated heterocycles. The first kappa shape index (κ1) is 16.7. The van der Waals surface area contributed by atoms with Gasteiger partial charge in [-0.05, 0) is 26.2 Å². The number of hydrogen-bond donors (Lipinski definition) is 1. The molecule has 2 aliphatic heterocycles. The Bertz CT molecular complexity index is 616. The molecule has 0 unspecified atom stereocenters. The van der Waals surface area contributed by atoms with Crippen LogP contribution >= 0.6 is 23.1 Å². The Morgan fingerprint density at radius 1 is 1.43 bits per heavy atom. The van der Waals surface area contributed by atoms with Crippen LogP contribution in [0.4, 0.5) is 5.13 Å². The van der Waals surface area contributed by atoms with E-state index in [-0.39, 0.29) is 16.7 Å². The zero-order valence-corrected chi connectivity index (χ0v) is 15.3. The number of thioether (sulfide) groups is 1. The molecule has 0 aliphatic carbocycles. The van der Waals surface area contributed by atoms with Gasteiger partial charge in [-0.2, -0.15) is 0 Å². The average Bonchev–Trinajstić information content (AvgIpc) is 3.18. The van der Waals surface area contributed by atoms with Gasteiger partial charge in [0.15, 0.2) is 0 Å². The van der Waals surface area contributed by atoms with E-state index in [1.54, 1.807) is 16.7 Å². The van der Waals surface area contributed by atoms with E-state index in [0.29, 0.717) is 23.2 Å². The molecule has 1 aromatic heterocycles. The third-order valence-corrected chi connectivity index (χ3v) is 7.26. The highest BCUT2D eigenvalue weighted by Crippen LogP contribution is 2.47. The Hall–Kier alpha value is -1.15. The molecule has 0 radical (unpaired) electrons. The molecule has 0 bridgehead atoms. The summed E-state index contributed by atoms with van der Waals surface area (Å²) >= 11 is 3.13. The van der Waals surface area contributed by atoms with Crippen LogP contribution in [0.5, 0.6) is 0 Å². The number of nitrogens with zero attached hydrogens (tertiary/aromatic N) is 3. The predicted molar refractivity (Wildman–Crippen MR) is 92.6 cm³/mol. The van der Waals surface area contributed by atoms with Crippen molar-refractivity contribution in [3.63, 3.8) is 0 Å². The van der Waals surface area contributed by atoms with Gasteiger partial charge in [0.1, 0.15) is 11.0 Å². The Morgan fingerprint density at radius 2 is 2.17 bits per heavy atom. The summed E-state index contributed by atoms with van der Waals surface area (Å²) in [7, 11) is 0. The number of amides is 2. The summed E-state index contributed by atoms with van der Waals surface area (Å²) in [6.45, 7) is 6.30. The van der Waals surface area contributed by atoms with Crippen molar-refractivity contribution in [2.75, 3.05) is 11.1 Å². The van der Waals surface area contributed by atoms with Gasteiger partial charge in [0.25, 0.3) is 0 Å². The highest BCUT2D eigenvalue weighted by atomic mass is 32.2. The van der Waals surface area contributed by atoms with Crippen molar-refractivity contribution in [3.05, 3.63) is 5.01 Å². The Morgan fingerprint density at radius 3 is 2.87 bits per heavy atom. The van der Waals surface area contributed by atoms with Crippen LogP contribution < -0.4 is 5.32 Å². The highest BCUT2D eigenvalue weighted by molar-refractivity contribution is 8.01. The smallest absolute Gasteiger partial charge is 0.249 e. The van der Waals surface area contributed by atoms with Gasteiger partial charge >= 0.3 is 0 Å². The van der Waals surface area contributed by atoms with Gasteiger partial charge in [0, 0.05) is 18.1 Å². The maximum Gasteiger partial charge on any atom is 0.249 e. The largest absolute Gasteiger partial charge is 0.315 e. The van der Waals surface area contributed by atoms with Crippen LogP contribution in [0.3, 0.4) is 0 Å². The summed E-state index contributed by atoms with van der Waals surface area (Å²) < 4.78 is 0. The first-order chi connectivity index (χ1) is 11.0. The first-order valence-corrected chi connectivity index (χ1v) is 9.89. The van der Waals surface area contributed by atoms with Gasteiger partial charge in [0.05, 0.1) is 4.87 Å². The van der Waals surface area contributed by atoms with E-state index in [4.69, 9.17) is 0 Å². The number of aromatic nitrogens is 2. The molecule has 6 nitrogen and oxygen atoms in total. The molecule has 2 atom stereocenters. The molecule has 3 heterocycles. The van der Waals surface area contributed by atoms with E-state index in [1.807, 2.05) is 6.92 Å². The SMILES string of the molecule is CCC(CC)c1nnc(NC(=O)[C@H]2CS[C@]3(C)CCC(=O)N23)s1. The maximum absolute atomic E-state index is 12.6. The Kier molecular flexibility index (Phi) is 4.64. The van der Waals surface area contributed by atoms with Gasteiger partial charge < -0.3 is 4.90 Å². The molecule has 0 saturated carbocycles. The molecular formula is C15H22N4O2S2. The highest BCUT2D eigenvalue weighted by Gasteiger charge is 2.52. The van der Waals surface area contributed by atoms with E-state index in [9.17, 15) is 9.59 Å². The molecule has 0 aromatic carbocycles. The molecular weight excluding hydrogens is 332 g/mol. The Labute approximate surface area is 144 Å². The van der Waals surface area contributed by atoms with Crippen LogP contribution in [0.1, 0.15) is 57.4 Å².